The molecule has 2 rings (SSSR count). The van der Waals surface area contributed by atoms with Gasteiger partial charge in [0.05, 0.1) is 18.1 Å². The Kier molecular flexibility index (Phi) is 6.54. The summed E-state index contributed by atoms with van der Waals surface area (Å²) in [7, 11) is 0. The molecule has 1 amide bonds. The second-order valence-electron chi connectivity index (χ2n) is 5.59. The smallest absolute Gasteiger partial charge is 0.272 e. The minimum atomic E-state index is -0.466. The fourth-order valence-electron chi connectivity index (χ4n) is 2.49. The van der Waals surface area contributed by atoms with Crippen LogP contribution in [0.5, 0.6) is 11.5 Å². The average Bonchev–Trinajstić information content (AvgIpc) is 2.61. The van der Waals surface area contributed by atoms with E-state index in [1.54, 1.807) is 6.92 Å². The van der Waals surface area contributed by atoms with Crippen molar-refractivity contribution in [2.24, 2.45) is 0 Å². The molecule has 0 spiro atoms. The number of carbonyl (C=O) groups is 1. The van der Waals surface area contributed by atoms with Crippen LogP contribution in [0.4, 0.5) is 5.69 Å². The third-order valence-electron chi connectivity index (χ3n) is 3.72. The SMILES string of the molecule is CCOc1ccc(CNC(=O)c2ccc([N+](=O)[O-])c(C)c2)cc1OCC. The van der Waals surface area contributed by atoms with Crippen molar-refractivity contribution in [1.29, 1.82) is 0 Å². The monoisotopic (exact) mass is 358 g/mol. The molecule has 1 N–H and O–H groups in total. The number of benzene rings is 2. The molecule has 0 unspecified atom stereocenters. The van der Waals surface area contributed by atoms with Gasteiger partial charge in [0, 0.05) is 23.7 Å². The Bertz CT molecular complexity index is 805. The van der Waals surface area contributed by atoms with Gasteiger partial charge < -0.3 is 14.8 Å². The molecule has 0 bridgehead atoms. The quantitative estimate of drug-likeness (QED) is 0.575. The van der Waals surface area contributed by atoms with Gasteiger partial charge in [-0.15, -0.1) is 0 Å². The Morgan fingerprint density at radius 1 is 1.08 bits per heavy atom. The first-order valence-electron chi connectivity index (χ1n) is 8.38. The molecule has 7 nitrogen and oxygen atoms in total. The number of ether oxygens (including phenoxy) is 2. The van der Waals surface area contributed by atoms with E-state index in [1.807, 2.05) is 32.0 Å². The first kappa shape index (κ1) is 19.2. The molecule has 0 atom stereocenters. The third-order valence-corrected chi connectivity index (χ3v) is 3.72. The van der Waals surface area contributed by atoms with Crippen molar-refractivity contribution >= 4 is 11.6 Å². The molecule has 0 aromatic heterocycles. The van der Waals surface area contributed by atoms with E-state index in [1.165, 1.54) is 18.2 Å². The van der Waals surface area contributed by atoms with Gasteiger partial charge in [0.1, 0.15) is 0 Å². The number of hydrogen-bond acceptors (Lipinski definition) is 5. The average molecular weight is 358 g/mol. The fraction of sp³-hybridized carbons (Fsp3) is 0.316. The Morgan fingerprint density at radius 3 is 2.38 bits per heavy atom. The highest BCUT2D eigenvalue weighted by Crippen LogP contribution is 2.28. The van der Waals surface area contributed by atoms with Crippen LogP contribution in [-0.2, 0) is 6.54 Å². The van der Waals surface area contributed by atoms with Crippen LogP contribution in [0.3, 0.4) is 0 Å². The van der Waals surface area contributed by atoms with Crippen LogP contribution in [0.25, 0.3) is 0 Å². The normalized spacial score (nSPS) is 10.3. The largest absolute Gasteiger partial charge is 0.490 e. The van der Waals surface area contributed by atoms with Gasteiger partial charge in [0.2, 0.25) is 0 Å². The summed E-state index contributed by atoms with van der Waals surface area (Å²) in [6.07, 6.45) is 0. The number of amides is 1. The molecular formula is C19H22N2O5. The molecule has 0 saturated carbocycles. The maximum atomic E-state index is 12.3. The standard InChI is InChI=1S/C19H22N2O5/c1-4-25-17-9-6-14(11-18(17)26-5-2)12-20-19(22)15-7-8-16(21(23)24)13(3)10-15/h6-11H,4-5,12H2,1-3H3,(H,20,22). The van der Waals surface area contributed by atoms with Crippen LogP contribution in [-0.4, -0.2) is 24.0 Å². The van der Waals surface area contributed by atoms with Gasteiger partial charge in [-0.1, -0.05) is 6.07 Å². The molecule has 0 aliphatic rings. The van der Waals surface area contributed by atoms with Crippen molar-refractivity contribution in [1.82, 2.24) is 5.32 Å². The van der Waals surface area contributed by atoms with E-state index in [0.717, 1.165) is 5.56 Å². The number of nitro groups is 1. The first-order chi connectivity index (χ1) is 12.5. The summed E-state index contributed by atoms with van der Waals surface area (Å²) in [5.41, 5.74) is 1.68. The molecule has 0 aliphatic heterocycles. The van der Waals surface area contributed by atoms with E-state index in [-0.39, 0.29) is 11.6 Å². The summed E-state index contributed by atoms with van der Waals surface area (Å²) in [5.74, 6) is 0.998. The van der Waals surface area contributed by atoms with Crippen molar-refractivity contribution in [3.8, 4) is 11.5 Å². The summed E-state index contributed by atoms with van der Waals surface area (Å²) in [5, 5.41) is 13.7. The molecule has 0 radical (unpaired) electrons. The van der Waals surface area contributed by atoms with Crippen molar-refractivity contribution in [2.75, 3.05) is 13.2 Å². The lowest BCUT2D eigenvalue weighted by molar-refractivity contribution is -0.385. The van der Waals surface area contributed by atoms with Crippen LogP contribution in [0.2, 0.25) is 0 Å². The molecule has 7 heteroatoms. The Morgan fingerprint density at radius 2 is 1.77 bits per heavy atom. The summed E-state index contributed by atoms with van der Waals surface area (Å²) in [4.78, 5) is 22.7. The second-order valence-corrected chi connectivity index (χ2v) is 5.59. The summed E-state index contributed by atoms with van der Waals surface area (Å²) in [6.45, 7) is 6.75. The van der Waals surface area contributed by atoms with Crippen LogP contribution in [0.15, 0.2) is 36.4 Å². The highest BCUT2D eigenvalue weighted by Gasteiger charge is 2.14. The molecule has 0 fully saturated rings. The predicted octanol–water partition coefficient (Wildman–Crippen LogP) is 3.63. The summed E-state index contributed by atoms with van der Waals surface area (Å²) >= 11 is 0. The molecule has 0 saturated heterocycles. The Balaban J connectivity index is 2.08. The number of nitrogens with one attached hydrogen (secondary N) is 1. The van der Waals surface area contributed by atoms with Crippen molar-refractivity contribution in [3.05, 3.63) is 63.2 Å². The van der Waals surface area contributed by atoms with Gasteiger partial charge >= 0.3 is 0 Å². The van der Waals surface area contributed by atoms with Gasteiger partial charge in [-0.2, -0.15) is 0 Å². The van der Waals surface area contributed by atoms with Crippen LogP contribution in [0, 0.1) is 17.0 Å². The van der Waals surface area contributed by atoms with Crippen LogP contribution < -0.4 is 14.8 Å². The lowest BCUT2D eigenvalue weighted by Crippen LogP contribution is -2.23. The van der Waals surface area contributed by atoms with Gasteiger partial charge in [-0.3, -0.25) is 14.9 Å². The fourth-order valence-corrected chi connectivity index (χ4v) is 2.49. The maximum Gasteiger partial charge on any atom is 0.272 e. The van der Waals surface area contributed by atoms with Gasteiger partial charge in [0.25, 0.3) is 11.6 Å². The lowest BCUT2D eigenvalue weighted by Gasteiger charge is -2.13. The third kappa shape index (κ3) is 4.72. The molecule has 2 aromatic carbocycles. The highest BCUT2D eigenvalue weighted by molar-refractivity contribution is 5.94. The van der Waals surface area contributed by atoms with Crippen LogP contribution in [0.1, 0.15) is 35.3 Å². The topological polar surface area (TPSA) is 90.7 Å². The lowest BCUT2D eigenvalue weighted by atomic mass is 10.1. The van der Waals surface area contributed by atoms with Crippen LogP contribution >= 0.6 is 0 Å². The molecule has 0 aliphatic carbocycles. The zero-order chi connectivity index (χ0) is 19.1. The maximum absolute atomic E-state index is 12.3. The highest BCUT2D eigenvalue weighted by atomic mass is 16.6. The molecule has 138 valence electrons. The Labute approximate surface area is 152 Å². The van der Waals surface area contributed by atoms with E-state index in [2.05, 4.69) is 5.32 Å². The van der Waals surface area contributed by atoms with Crippen molar-refractivity contribution in [2.45, 2.75) is 27.3 Å². The number of carbonyl (C=O) groups excluding carboxylic acids is 1. The molecule has 2 aromatic rings. The van der Waals surface area contributed by atoms with Crippen molar-refractivity contribution < 1.29 is 19.2 Å². The number of nitrogens with zero attached hydrogens (tertiary/aromatic N) is 1. The minimum absolute atomic E-state index is 0.00517. The number of rotatable bonds is 8. The molecule has 26 heavy (non-hydrogen) atoms. The van der Waals surface area contributed by atoms with E-state index >= 15 is 0 Å². The minimum Gasteiger partial charge on any atom is -0.490 e. The van der Waals surface area contributed by atoms with E-state index in [9.17, 15) is 14.9 Å². The van der Waals surface area contributed by atoms with E-state index < -0.39 is 4.92 Å². The zero-order valence-electron chi connectivity index (χ0n) is 15.1. The van der Waals surface area contributed by atoms with E-state index in [4.69, 9.17) is 9.47 Å². The van der Waals surface area contributed by atoms with E-state index in [0.29, 0.717) is 42.4 Å². The second kappa shape index (κ2) is 8.84. The zero-order valence-corrected chi connectivity index (χ0v) is 15.1. The first-order valence-corrected chi connectivity index (χ1v) is 8.38. The number of aryl methyl sites for hydroxylation is 1. The van der Waals surface area contributed by atoms with Crippen molar-refractivity contribution in [3.63, 3.8) is 0 Å². The summed E-state index contributed by atoms with van der Waals surface area (Å²) < 4.78 is 11.1. The summed E-state index contributed by atoms with van der Waals surface area (Å²) in [6, 6.07) is 9.80. The molecular weight excluding hydrogens is 336 g/mol. The predicted molar refractivity (Wildman–Crippen MR) is 97.8 cm³/mol. The Hall–Kier alpha value is -3.09. The molecule has 0 heterocycles. The van der Waals surface area contributed by atoms with Gasteiger partial charge in [-0.25, -0.2) is 0 Å². The number of hydrogen-bond donors (Lipinski definition) is 1. The van der Waals surface area contributed by atoms with Gasteiger partial charge in [0.15, 0.2) is 11.5 Å². The van der Waals surface area contributed by atoms with Gasteiger partial charge in [-0.05, 0) is 50.6 Å². The number of nitro benzene ring substituents is 1.